The SMILES string of the molecule is CC(C)[C@@H](NC(=O)c1cc(C(F)(F)F)ccc1F)C(=O)N1CCC2(CC1)COCN(C)C(=O)N2c1ccc(C(=O)O)cc1. The molecule has 0 aromatic heterocycles. The Hall–Kier alpha value is -4.20. The molecule has 2 aliphatic heterocycles. The van der Waals surface area contributed by atoms with Crippen LogP contribution in [0.1, 0.15) is 53.0 Å². The summed E-state index contributed by atoms with van der Waals surface area (Å²) in [6, 6.07) is 5.85. The molecular formula is C29H32F4N4O6. The Bertz CT molecular complexity index is 1390. The number of halogens is 4. The number of amides is 4. The fourth-order valence-corrected chi connectivity index (χ4v) is 5.32. The molecule has 4 rings (SSSR count). The van der Waals surface area contributed by atoms with Crippen LogP contribution in [-0.2, 0) is 15.7 Å². The van der Waals surface area contributed by atoms with E-state index < -0.39 is 58.4 Å². The number of carbonyl (C=O) groups excluding carboxylic acids is 3. The number of nitrogens with one attached hydrogen (secondary N) is 1. The first-order valence-electron chi connectivity index (χ1n) is 13.6. The molecule has 2 aliphatic rings. The molecular weight excluding hydrogens is 576 g/mol. The molecule has 0 bridgehead atoms. The summed E-state index contributed by atoms with van der Waals surface area (Å²) in [6.07, 6.45) is -4.23. The van der Waals surface area contributed by atoms with Crippen LogP contribution in [0.4, 0.5) is 28.0 Å². The number of hydrogen-bond donors (Lipinski definition) is 2. The molecule has 43 heavy (non-hydrogen) atoms. The summed E-state index contributed by atoms with van der Waals surface area (Å²) in [5.41, 5.74) is -2.38. The predicted octanol–water partition coefficient (Wildman–Crippen LogP) is 4.20. The van der Waals surface area contributed by atoms with Gasteiger partial charge in [0.2, 0.25) is 5.91 Å². The maximum Gasteiger partial charge on any atom is 0.416 e. The molecule has 2 aromatic rings. The molecule has 0 saturated carbocycles. The van der Waals surface area contributed by atoms with Gasteiger partial charge in [-0.05, 0) is 61.2 Å². The number of ether oxygens (including phenoxy) is 1. The third-order valence-corrected chi connectivity index (χ3v) is 7.78. The minimum Gasteiger partial charge on any atom is -0.478 e. The van der Waals surface area contributed by atoms with Crippen molar-refractivity contribution in [2.75, 3.05) is 38.4 Å². The lowest BCUT2D eigenvalue weighted by Crippen LogP contribution is -2.62. The maximum absolute atomic E-state index is 14.3. The van der Waals surface area contributed by atoms with Crippen molar-refractivity contribution in [3.63, 3.8) is 0 Å². The number of hydrogen-bond acceptors (Lipinski definition) is 5. The summed E-state index contributed by atoms with van der Waals surface area (Å²) >= 11 is 0. The molecule has 2 N–H and O–H groups in total. The molecule has 2 saturated heterocycles. The third kappa shape index (κ3) is 6.58. The van der Waals surface area contributed by atoms with E-state index in [-0.39, 0.29) is 50.9 Å². The topological polar surface area (TPSA) is 119 Å². The highest BCUT2D eigenvalue weighted by Crippen LogP contribution is 2.37. The average Bonchev–Trinajstić information content (AvgIpc) is 3.06. The Kier molecular flexibility index (Phi) is 9.00. The van der Waals surface area contributed by atoms with Gasteiger partial charge in [-0.2, -0.15) is 13.2 Å². The minimum atomic E-state index is -4.79. The van der Waals surface area contributed by atoms with E-state index in [1.165, 1.54) is 34.1 Å². The Morgan fingerprint density at radius 3 is 2.23 bits per heavy atom. The number of likely N-dealkylation sites (tertiary alicyclic amines) is 1. The van der Waals surface area contributed by atoms with Gasteiger partial charge in [-0.15, -0.1) is 0 Å². The van der Waals surface area contributed by atoms with Crippen molar-refractivity contribution in [1.82, 2.24) is 15.1 Å². The Morgan fingerprint density at radius 1 is 1.05 bits per heavy atom. The number of carbonyl (C=O) groups is 4. The number of piperidine rings is 1. The van der Waals surface area contributed by atoms with Crippen LogP contribution in [0.3, 0.4) is 0 Å². The van der Waals surface area contributed by atoms with Crippen LogP contribution in [0, 0.1) is 11.7 Å². The van der Waals surface area contributed by atoms with Gasteiger partial charge in [0, 0.05) is 25.8 Å². The summed E-state index contributed by atoms with van der Waals surface area (Å²) in [5, 5.41) is 11.7. The van der Waals surface area contributed by atoms with E-state index >= 15 is 0 Å². The second kappa shape index (κ2) is 12.2. The Balaban J connectivity index is 1.54. The molecule has 232 valence electrons. The molecule has 1 atom stereocenters. The largest absolute Gasteiger partial charge is 0.478 e. The van der Waals surface area contributed by atoms with Gasteiger partial charge < -0.3 is 25.0 Å². The number of nitrogens with zero attached hydrogens (tertiary/aromatic N) is 3. The van der Waals surface area contributed by atoms with Crippen molar-refractivity contribution in [1.29, 1.82) is 0 Å². The van der Waals surface area contributed by atoms with Crippen LogP contribution in [0.2, 0.25) is 0 Å². The summed E-state index contributed by atoms with van der Waals surface area (Å²) in [7, 11) is 1.57. The van der Waals surface area contributed by atoms with Gasteiger partial charge in [-0.25, -0.2) is 14.0 Å². The maximum atomic E-state index is 14.3. The molecule has 4 amide bonds. The Morgan fingerprint density at radius 2 is 1.67 bits per heavy atom. The van der Waals surface area contributed by atoms with Gasteiger partial charge in [-0.1, -0.05) is 13.8 Å². The number of aromatic carboxylic acids is 1. The first-order valence-corrected chi connectivity index (χ1v) is 13.6. The average molecular weight is 609 g/mol. The number of anilines is 1. The first kappa shape index (κ1) is 31.7. The third-order valence-electron chi connectivity index (χ3n) is 7.78. The van der Waals surface area contributed by atoms with Crippen molar-refractivity contribution in [2.24, 2.45) is 5.92 Å². The lowest BCUT2D eigenvalue weighted by Gasteiger charge is -2.48. The zero-order valence-electron chi connectivity index (χ0n) is 23.8. The monoisotopic (exact) mass is 608 g/mol. The Labute approximate surface area is 245 Å². The highest BCUT2D eigenvalue weighted by atomic mass is 19.4. The van der Waals surface area contributed by atoms with E-state index in [9.17, 15) is 41.8 Å². The lowest BCUT2D eigenvalue weighted by atomic mass is 9.85. The van der Waals surface area contributed by atoms with E-state index in [0.29, 0.717) is 23.9 Å². The molecule has 1 spiro atoms. The zero-order valence-corrected chi connectivity index (χ0v) is 23.8. The van der Waals surface area contributed by atoms with Gasteiger partial charge in [-0.3, -0.25) is 14.5 Å². The fraction of sp³-hybridized carbons (Fsp3) is 0.448. The van der Waals surface area contributed by atoms with Gasteiger partial charge in [0.1, 0.15) is 18.6 Å². The van der Waals surface area contributed by atoms with Crippen molar-refractivity contribution in [2.45, 2.75) is 44.4 Å². The summed E-state index contributed by atoms with van der Waals surface area (Å²) in [5.74, 6) is -4.40. The number of rotatable bonds is 6. The molecule has 0 radical (unpaired) electrons. The quantitative estimate of drug-likeness (QED) is 0.475. The number of carboxylic acid groups (broad SMARTS) is 1. The standard InChI is InChI=1S/C29H32F4N4O6/c1-17(2)23(34-24(38)21-14-19(29(31,32)33)6-9-22(21)30)25(39)36-12-10-28(11-13-36)15-43-16-35(3)27(42)37(28)20-7-4-18(5-8-20)26(40)41/h4-9,14,17,23H,10-13,15-16H2,1-3H3,(H,34,38)(H,40,41)/t23-/m1/s1. The van der Waals surface area contributed by atoms with E-state index in [0.717, 1.165) is 0 Å². The second-order valence-electron chi connectivity index (χ2n) is 11.1. The molecule has 0 unspecified atom stereocenters. The number of benzene rings is 2. The van der Waals surface area contributed by atoms with Crippen molar-refractivity contribution >= 4 is 29.5 Å². The van der Waals surface area contributed by atoms with Crippen LogP contribution in [-0.4, -0.2) is 83.8 Å². The highest BCUT2D eigenvalue weighted by molar-refractivity contribution is 5.98. The molecule has 10 nitrogen and oxygen atoms in total. The summed E-state index contributed by atoms with van der Waals surface area (Å²) < 4.78 is 59.6. The van der Waals surface area contributed by atoms with Gasteiger partial charge in [0.15, 0.2) is 0 Å². The zero-order chi connectivity index (χ0) is 31.7. The van der Waals surface area contributed by atoms with Crippen LogP contribution in [0.25, 0.3) is 0 Å². The first-order chi connectivity index (χ1) is 20.1. The van der Waals surface area contributed by atoms with Crippen molar-refractivity contribution in [3.8, 4) is 0 Å². The van der Waals surface area contributed by atoms with E-state index in [2.05, 4.69) is 5.32 Å². The van der Waals surface area contributed by atoms with Gasteiger partial charge >= 0.3 is 18.2 Å². The molecule has 14 heteroatoms. The molecule has 2 fully saturated rings. The smallest absolute Gasteiger partial charge is 0.416 e. The second-order valence-corrected chi connectivity index (χ2v) is 11.1. The number of urea groups is 1. The minimum absolute atomic E-state index is 0.0283. The van der Waals surface area contributed by atoms with Crippen LogP contribution < -0.4 is 10.2 Å². The van der Waals surface area contributed by atoms with Crippen molar-refractivity contribution in [3.05, 3.63) is 65.0 Å². The molecule has 2 heterocycles. The number of alkyl halides is 3. The van der Waals surface area contributed by atoms with Crippen molar-refractivity contribution < 1.29 is 46.6 Å². The van der Waals surface area contributed by atoms with Gasteiger partial charge in [0.25, 0.3) is 5.91 Å². The van der Waals surface area contributed by atoms with E-state index in [4.69, 9.17) is 4.74 Å². The fourth-order valence-electron chi connectivity index (χ4n) is 5.32. The van der Waals surface area contributed by atoms with E-state index in [1.54, 1.807) is 25.8 Å². The highest BCUT2D eigenvalue weighted by Gasteiger charge is 2.47. The lowest BCUT2D eigenvalue weighted by molar-refractivity contribution is -0.138. The molecule has 0 aliphatic carbocycles. The number of carboxylic acids is 1. The predicted molar refractivity (Wildman–Crippen MR) is 146 cm³/mol. The van der Waals surface area contributed by atoms with Crippen LogP contribution in [0.15, 0.2) is 42.5 Å². The van der Waals surface area contributed by atoms with Crippen LogP contribution in [0.5, 0.6) is 0 Å². The van der Waals surface area contributed by atoms with Gasteiger partial charge in [0.05, 0.1) is 28.8 Å². The van der Waals surface area contributed by atoms with Crippen LogP contribution >= 0.6 is 0 Å². The van der Waals surface area contributed by atoms with E-state index in [1.807, 2.05) is 0 Å². The molecule has 2 aromatic carbocycles. The normalized spacial score (nSPS) is 18.0. The summed E-state index contributed by atoms with van der Waals surface area (Å²) in [4.78, 5) is 55.7. The summed E-state index contributed by atoms with van der Waals surface area (Å²) in [6.45, 7) is 3.77.